The minimum Gasteiger partial charge on any atom is -0.501 e. The summed E-state index contributed by atoms with van der Waals surface area (Å²) >= 11 is 0. The molecule has 0 aromatic heterocycles. The predicted molar refractivity (Wildman–Crippen MR) is 94.3 cm³/mol. The molecule has 0 aromatic carbocycles. The first kappa shape index (κ1) is 32.7. The van der Waals surface area contributed by atoms with Crippen LogP contribution in [0.15, 0.2) is 6.08 Å². The van der Waals surface area contributed by atoms with Gasteiger partial charge in [-0.3, -0.25) is 6.08 Å². The van der Waals surface area contributed by atoms with Gasteiger partial charge in [-0.15, -0.1) is 13.1 Å². The molecular formula is C17H38BNY. The zero-order valence-corrected chi connectivity index (χ0v) is 17.6. The maximum atomic E-state index is 3.71. The van der Waals surface area contributed by atoms with E-state index in [1.807, 2.05) is 27.7 Å². The van der Waals surface area contributed by atoms with Crippen LogP contribution < -0.4 is 0 Å². The van der Waals surface area contributed by atoms with Crippen molar-refractivity contribution in [1.29, 1.82) is 0 Å². The number of rotatable bonds is 3. The van der Waals surface area contributed by atoms with Gasteiger partial charge in [0.25, 0.3) is 0 Å². The Bertz CT molecular complexity index is 129. The number of hydrogen-bond donors (Lipinski definition) is 0. The second kappa shape index (κ2) is 36.8. The van der Waals surface area contributed by atoms with Crippen molar-refractivity contribution < 1.29 is 34.1 Å². The van der Waals surface area contributed by atoms with E-state index in [1.165, 1.54) is 32.1 Å². The van der Waals surface area contributed by atoms with Crippen LogP contribution in [0, 0.1) is 19.9 Å². The smallest absolute Gasteiger partial charge is 0.501 e. The van der Waals surface area contributed by atoms with Gasteiger partial charge in [0.2, 0.25) is 0 Å². The molecule has 20 heavy (non-hydrogen) atoms. The van der Waals surface area contributed by atoms with Crippen molar-refractivity contribution in [2.45, 2.75) is 66.7 Å². The van der Waals surface area contributed by atoms with Gasteiger partial charge in [0.1, 0.15) is 0 Å². The van der Waals surface area contributed by atoms with E-state index in [1.54, 1.807) is 0 Å². The van der Waals surface area contributed by atoms with Crippen LogP contribution in [-0.2, 0) is 32.7 Å². The first-order valence-corrected chi connectivity index (χ1v) is 7.71. The third-order valence-electron chi connectivity index (χ3n) is 2.39. The normalized spacial score (nSPS) is 11.8. The van der Waals surface area contributed by atoms with Gasteiger partial charge >= 0.3 is 32.7 Å². The Balaban J connectivity index is -0.0000000388. The Morgan fingerprint density at radius 2 is 1.55 bits per heavy atom. The van der Waals surface area contributed by atoms with E-state index in [2.05, 4.69) is 37.8 Å². The van der Waals surface area contributed by atoms with Crippen LogP contribution in [0.5, 0.6) is 0 Å². The van der Waals surface area contributed by atoms with E-state index >= 15 is 0 Å². The molecular weight excluding hydrogens is 318 g/mol. The van der Waals surface area contributed by atoms with E-state index in [4.69, 9.17) is 0 Å². The Hall–Kier alpha value is 0.869. The first-order valence-electron chi connectivity index (χ1n) is 7.71. The average molecular weight is 357 g/mol. The van der Waals surface area contributed by atoms with Gasteiger partial charge in [-0.05, 0) is 6.54 Å². The summed E-state index contributed by atoms with van der Waals surface area (Å²) < 4.78 is 0. The van der Waals surface area contributed by atoms with Crippen LogP contribution in [0.4, 0.5) is 0 Å². The first-order chi connectivity index (χ1) is 8.85. The van der Waals surface area contributed by atoms with E-state index in [-0.39, 0.29) is 42.5 Å². The van der Waals surface area contributed by atoms with E-state index in [0.717, 1.165) is 19.6 Å². The maximum Gasteiger partial charge on any atom is 3.00 e. The Labute approximate surface area is 159 Å². The predicted octanol–water partition coefficient (Wildman–Crippen LogP) is 5.20. The van der Waals surface area contributed by atoms with Gasteiger partial charge in [0.15, 0.2) is 0 Å². The van der Waals surface area contributed by atoms with Crippen LogP contribution in [0.1, 0.15) is 68.1 Å². The third-order valence-corrected chi connectivity index (χ3v) is 2.39. The van der Waals surface area contributed by atoms with E-state index < -0.39 is 0 Å². The molecule has 3 radical (unpaired) electrons. The van der Waals surface area contributed by atoms with Crippen LogP contribution in [-0.4, -0.2) is 32.9 Å². The molecule has 0 fully saturated rings. The molecule has 0 amide bonds. The standard InChI is InChI=1S/C7H11.C6H13N.2C2H6.B.Y.H2/c1-2-4-6-7-5-3-1;1-4-7(5-2)6-3;2*1-2;;;/h1H,2,4-7H2;1-2,4-6H2,3H3;2*1-2H3;;;1H/q-1;-2;;;;+3;/i;;;;;;1+1. The summed E-state index contributed by atoms with van der Waals surface area (Å²) in [5.74, 6) is 0. The molecule has 0 saturated heterocycles. The fourth-order valence-corrected chi connectivity index (χ4v) is 1.28. The summed E-state index contributed by atoms with van der Waals surface area (Å²) in [4.78, 5) is 2.15. The summed E-state index contributed by atoms with van der Waals surface area (Å²) in [7, 11) is 0. The van der Waals surface area contributed by atoms with Crippen molar-refractivity contribution in [3.63, 3.8) is 0 Å². The second-order valence-corrected chi connectivity index (χ2v) is 3.44. The van der Waals surface area contributed by atoms with E-state index in [0.29, 0.717) is 0 Å². The van der Waals surface area contributed by atoms with Crippen molar-refractivity contribution in [3.8, 4) is 0 Å². The van der Waals surface area contributed by atoms with Crippen molar-refractivity contribution in [2.24, 2.45) is 0 Å². The minimum absolute atomic E-state index is 0. The summed E-state index contributed by atoms with van der Waals surface area (Å²) in [6.07, 6.45) is 12.0. The third kappa shape index (κ3) is 31.3. The van der Waals surface area contributed by atoms with Crippen LogP contribution in [0.25, 0.3) is 0 Å². The molecule has 1 aliphatic rings. The van der Waals surface area contributed by atoms with Crippen LogP contribution in [0.2, 0.25) is 0 Å². The SMILES string of the molecule is CC.CC.[2HH].[B].[C-]1=CCCCCC1.[CH2-]CN(C[CH2-])CC.[Y+3]. The second-order valence-electron chi connectivity index (χ2n) is 3.44. The topological polar surface area (TPSA) is 3.24 Å². The average Bonchev–Trinajstić information content (AvgIpc) is 2.78. The molecule has 1 rings (SSSR count). The minimum atomic E-state index is 0. The fourth-order valence-electron chi connectivity index (χ4n) is 1.28. The molecule has 0 spiro atoms. The fraction of sp³-hybridized carbons (Fsp3) is 0.765. The van der Waals surface area contributed by atoms with Crippen molar-refractivity contribution in [2.75, 3.05) is 19.6 Å². The number of hydrogen-bond acceptors (Lipinski definition) is 1. The molecule has 0 aliphatic heterocycles. The molecule has 1 nitrogen and oxygen atoms in total. The van der Waals surface area contributed by atoms with Gasteiger partial charge in [0, 0.05) is 9.84 Å². The van der Waals surface area contributed by atoms with Crippen LogP contribution >= 0.6 is 0 Å². The molecule has 0 heterocycles. The van der Waals surface area contributed by atoms with Gasteiger partial charge in [-0.2, -0.15) is 6.42 Å². The molecule has 0 N–H and O–H groups in total. The summed E-state index contributed by atoms with van der Waals surface area (Å²) in [6, 6.07) is 0. The monoisotopic (exact) mass is 357 g/mol. The van der Waals surface area contributed by atoms with Gasteiger partial charge < -0.3 is 24.8 Å². The summed E-state index contributed by atoms with van der Waals surface area (Å²) in [6.45, 7) is 20.3. The van der Waals surface area contributed by atoms with Gasteiger partial charge in [-0.25, -0.2) is 0 Å². The largest absolute Gasteiger partial charge is 3.00 e. The molecule has 3 heteroatoms. The zero-order valence-electron chi connectivity index (χ0n) is 14.8. The zero-order chi connectivity index (χ0) is 14.6. The van der Waals surface area contributed by atoms with Crippen molar-refractivity contribution in [3.05, 3.63) is 26.0 Å². The molecule has 0 aromatic rings. The molecule has 1 aliphatic carbocycles. The maximum absolute atomic E-state index is 3.71. The van der Waals surface area contributed by atoms with Crippen LogP contribution in [0.3, 0.4) is 0 Å². The number of nitrogens with zero attached hydrogens (tertiary/aromatic N) is 1. The van der Waals surface area contributed by atoms with E-state index in [9.17, 15) is 0 Å². The van der Waals surface area contributed by atoms with Gasteiger partial charge in [0.05, 0.1) is 0 Å². The summed E-state index contributed by atoms with van der Waals surface area (Å²) in [5, 5.41) is 0. The number of allylic oxidation sites excluding steroid dienone is 2. The molecule has 0 atom stereocenters. The Kier molecular flexibility index (Phi) is 60.2. The molecule has 0 bridgehead atoms. The molecule has 117 valence electrons. The van der Waals surface area contributed by atoms with Crippen molar-refractivity contribution in [1.82, 2.24) is 4.90 Å². The van der Waals surface area contributed by atoms with Gasteiger partial charge in [-0.1, -0.05) is 60.3 Å². The van der Waals surface area contributed by atoms with Crippen molar-refractivity contribution >= 4 is 8.41 Å². The summed E-state index contributed by atoms with van der Waals surface area (Å²) in [5.41, 5.74) is 0. The quantitative estimate of drug-likeness (QED) is 0.496. The molecule has 0 unspecified atom stereocenters. The molecule has 0 saturated carbocycles. The Morgan fingerprint density at radius 3 is 1.90 bits per heavy atom. The Morgan fingerprint density at radius 1 is 1.05 bits per heavy atom.